The Bertz CT molecular complexity index is 377. The quantitative estimate of drug-likeness (QED) is 0.571. The first-order valence-electron chi connectivity index (χ1n) is 3.78. The van der Waals surface area contributed by atoms with Gasteiger partial charge >= 0.3 is 0 Å². The van der Waals surface area contributed by atoms with Gasteiger partial charge in [0.15, 0.2) is 0 Å². The van der Waals surface area contributed by atoms with E-state index in [9.17, 15) is 16.8 Å². The third-order valence-corrected chi connectivity index (χ3v) is 4.03. The molecule has 0 aliphatic heterocycles. The summed E-state index contributed by atoms with van der Waals surface area (Å²) in [6.45, 7) is 0. The Morgan fingerprint density at radius 1 is 1.07 bits per heavy atom. The van der Waals surface area contributed by atoms with E-state index in [4.69, 9.17) is 10.2 Å². The maximum atomic E-state index is 10.8. The fourth-order valence-electron chi connectivity index (χ4n) is 0.750. The SMILES string of the molecule is CS(=O)(=O)CCCC(O)(O)S(C)(=O)=O. The lowest BCUT2D eigenvalue weighted by molar-refractivity contribution is -0.0896. The molecule has 0 aromatic carbocycles. The normalized spacial score (nSPS) is 14.3. The molecular weight excluding hydrogens is 232 g/mol. The molecule has 0 aliphatic rings. The van der Waals surface area contributed by atoms with Gasteiger partial charge in [0, 0.05) is 18.9 Å². The van der Waals surface area contributed by atoms with Crippen molar-refractivity contribution in [2.75, 3.05) is 18.3 Å². The first kappa shape index (κ1) is 13.8. The molecule has 0 bridgehead atoms. The van der Waals surface area contributed by atoms with Crippen LogP contribution in [0, 0.1) is 0 Å². The van der Waals surface area contributed by atoms with Gasteiger partial charge in [-0.1, -0.05) is 0 Å². The highest BCUT2D eigenvalue weighted by atomic mass is 32.2. The summed E-state index contributed by atoms with van der Waals surface area (Å²) in [5.74, 6) is -0.272. The molecule has 86 valence electrons. The van der Waals surface area contributed by atoms with Crippen molar-refractivity contribution in [1.82, 2.24) is 0 Å². The summed E-state index contributed by atoms with van der Waals surface area (Å²) in [6, 6.07) is 0. The highest BCUT2D eigenvalue weighted by Crippen LogP contribution is 2.16. The Labute approximate surface area is 83.4 Å². The molecular formula is C6H14O6S2. The molecule has 0 saturated heterocycles. The fraction of sp³-hybridized carbons (Fsp3) is 1.00. The molecule has 0 radical (unpaired) electrons. The van der Waals surface area contributed by atoms with Crippen LogP contribution in [0.25, 0.3) is 0 Å². The highest BCUT2D eigenvalue weighted by Gasteiger charge is 2.35. The van der Waals surface area contributed by atoms with Crippen LogP contribution >= 0.6 is 0 Å². The van der Waals surface area contributed by atoms with E-state index in [0.717, 1.165) is 6.26 Å². The van der Waals surface area contributed by atoms with Gasteiger partial charge in [0.25, 0.3) is 5.12 Å². The minimum absolute atomic E-state index is 0.112. The van der Waals surface area contributed by atoms with Crippen molar-refractivity contribution in [3.63, 3.8) is 0 Å². The molecule has 0 aromatic rings. The summed E-state index contributed by atoms with van der Waals surface area (Å²) >= 11 is 0. The fourth-order valence-corrected chi connectivity index (χ4v) is 1.93. The lowest BCUT2D eigenvalue weighted by Gasteiger charge is -2.18. The second kappa shape index (κ2) is 4.13. The number of sulfone groups is 2. The average molecular weight is 246 g/mol. The van der Waals surface area contributed by atoms with Crippen LogP contribution in [-0.4, -0.2) is 50.4 Å². The smallest absolute Gasteiger partial charge is 0.268 e. The summed E-state index contributed by atoms with van der Waals surface area (Å²) in [4.78, 5) is 0. The van der Waals surface area contributed by atoms with E-state index >= 15 is 0 Å². The van der Waals surface area contributed by atoms with E-state index in [1.54, 1.807) is 0 Å². The van der Waals surface area contributed by atoms with Gasteiger partial charge < -0.3 is 10.2 Å². The van der Waals surface area contributed by atoms with E-state index in [0.29, 0.717) is 6.26 Å². The summed E-state index contributed by atoms with van der Waals surface area (Å²) < 4.78 is 42.8. The van der Waals surface area contributed by atoms with E-state index in [-0.39, 0.29) is 12.2 Å². The number of hydrogen-bond acceptors (Lipinski definition) is 6. The first-order valence-corrected chi connectivity index (χ1v) is 7.73. The molecule has 0 saturated carbocycles. The standard InChI is InChI=1S/C6H14O6S2/c1-13(9,10)5-3-4-6(7,8)14(2,11)12/h7-8H,3-5H2,1-2H3. The van der Waals surface area contributed by atoms with Gasteiger partial charge in [-0.15, -0.1) is 0 Å². The maximum absolute atomic E-state index is 10.8. The number of rotatable bonds is 5. The largest absolute Gasteiger partial charge is 0.354 e. The summed E-state index contributed by atoms with van der Waals surface area (Å²) in [5.41, 5.74) is 0. The molecule has 0 fully saturated rings. The molecule has 2 N–H and O–H groups in total. The van der Waals surface area contributed by atoms with Crippen LogP contribution in [0.1, 0.15) is 12.8 Å². The van der Waals surface area contributed by atoms with Crippen molar-refractivity contribution in [3.05, 3.63) is 0 Å². The summed E-state index contributed by atoms with van der Waals surface area (Å²) in [5, 5.41) is 15.2. The Hall–Kier alpha value is -0.180. The molecule has 0 unspecified atom stereocenters. The minimum atomic E-state index is -4.00. The molecule has 0 atom stereocenters. The zero-order valence-corrected chi connectivity index (χ0v) is 9.60. The molecule has 0 heterocycles. The average Bonchev–Trinajstić information content (AvgIpc) is 1.80. The maximum Gasteiger partial charge on any atom is 0.268 e. The van der Waals surface area contributed by atoms with Gasteiger partial charge in [-0.2, -0.15) is 0 Å². The van der Waals surface area contributed by atoms with Gasteiger partial charge in [0.05, 0.1) is 5.75 Å². The van der Waals surface area contributed by atoms with Gasteiger partial charge in [0.1, 0.15) is 9.84 Å². The molecule has 14 heavy (non-hydrogen) atoms. The van der Waals surface area contributed by atoms with Crippen LogP contribution in [0.3, 0.4) is 0 Å². The lowest BCUT2D eigenvalue weighted by Crippen LogP contribution is -2.37. The summed E-state index contributed by atoms with van der Waals surface area (Å²) in [6.07, 6.45) is 1.04. The summed E-state index contributed by atoms with van der Waals surface area (Å²) in [7, 11) is -7.21. The molecule has 0 spiro atoms. The molecule has 0 aromatic heterocycles. The van der Waals surface area contributed by atoms with E-state index < -0.39 is 31.2 Å². The molecule has 6 nitrogen and oxygen atoms in total. The third-order valence-electron chi connectivity index (χ3n) is 1.61. The van der Waals surface area contributed by atoms with Crippen LogP contribution in [0.15, 0.2) is 0 Å². The molecule has 0 amide bonds. The Morgan fingerprint density at radius 3 is 1.79 bits per heavy atom. The monoisotopic (exact) mass is 246 g/mol. The zero-order valence-electron chi connectivity index (χ0n) is 7.97. The topological polar surface area (TPSA) is 109 Å². The van der Waals surface area contributed by atoms with Gasteiger partial charge in [-0.25, -0.2) is 16.8 Å². The van der Waals surface area contributed by atoms with Crippen LogP contribution in [0.2, 0.25) is 0 Å². The molecule has 8 heteroatoms. The first-order chi connectivity index (χ1) is 5.96. The van der Waals surface area contributed by atoms with E-state index in [1.165, 1.54) is 0 Å². The van der Waals surface area contributed by atoms with Gasteiger partial charge in [0.2, 0.25) is 9.84 Å². The highest BCUT2D eigenvalue weighted by molar-refractivity contribution is 7.91. The number of hydrogen-bond donors (Lipinski definition) is 2. The molecule has 0 aliphatic carbocycles. The lowest BCUT2D eigenvalue weighted by atomic mass is 10.3. The van der Waals surface area contributed by atoms with Crippen molar-refractivity contribution >= 4 is 19.7 Å². The van der Waals surface area contributed by atoms with Crippen molar-refractivity contribution in [2.24, 2.45) is 0 Å². The van der Waals surface area contributed by atoms with Crippen molar-refractivity contribution in [2.45, 2.75) is 18.0 Å². The third kappa shape index (κ3) is 4.89. The Kier molecular flexibility index (Phi) is 4.08. The number of aliphatic hydroxyl groups is 2. The molecule has 0 rings (SSSR count). The zero-order chi connectivity index (χ0) is 11.6. The van der Waals surface area contributed by atoms with Crippen molar-refractivity contribution in [3.8, 4) is 0 Å². The van der Waals surface area contributed by atoms with E-state index in [2.05, 4.69) is 0 Å². The van der Waals surface area contributed by atoms with Crippen LogP contribution in [0.5, 0.6) is 0 Å². The van der Waals surface area contributed by atoms with Crippen LogP contribution in [-0.2, 0) is 19.7 Å². The predicted molar refractivity (Wildman–Crippen MR) is 51.0 cm³/mol. The second-order valence-electron chi connectivity index (χ2n) is 3.25. The van der Waals surface area contributed by atoms with Crippen molar-refractivity contribution in [1.29, 1.82) is 0 Å². The van der Waals surface area contributed by atoms with Crippen LogP contribution in [0.4, 0.5) is 0 Å². The van der Waals surface area contributed by atoms with Gasteiger partial charge in [-0.05, 0) is 6.42 Å². The van der Waals surface area contributed by atoms with Crippen LogP contribution < -0.4 is 0 Å². The second-order valence-corrected chi connectivity index (χ2v) is 7.71. The Morgan fingerprint density at radius 2 is 1.50 bits per heavy atom. The van der Waals surface area contributed by atoms with Crippen molar-refractivity contribution < 1.29 is 27.0 Å². The predicted octanol–water partition coefficient (Wildman–Crippen LogP) is -1.51. The van der Waals surface area contributed by atoms with Gasteiger partial charge in [-0.3, -0.25) is 0 Å². The Balaban J connectivity index is 4.30. The van der Waals surface area contributed by atoms with E-state index in [1.807, 2.05) is 0 Å². The minimum Gasteiger partial charge on any atom is -0.354 e.